The van der Waals surface area contributed by atoms with E-state index < -0.39 is 28.1 Å². The second kappa shape index (κ2) is 12.7. The van der Waals surface area contributed by atoms with Crippen molar-refractivity contribution in [2.24, 2.45) is 5.92 Å². The lowest BCUT2D eigenvalue weighted by molar-refractivity contribution is -0.192. The number of alkyl halides is 3. The Morgan fingerprint density at radius 1 is 1.05 bits per heavy atom. The molecule has 2 aromatic rings. The van der Waals surface area contributed by atoms with Crippen LogP contribution in [0.15, 0.2) is 41.4 Å². The number of pyridine rings is 1. The van der Waals surface area contributed by atoms with Crippen LogP contribution in [0.25, 0.3) is 0 Å². The Bertz CT molecular complexity index is 1180. The Kier molecular flexibility index (Phi) is 10.3. The molecule has 0 amide bonds. The summed E-state index contributed by atoms with van der Waals surface area (Å²) in [5.74, 6) is -3.01. The van der Waals surface area contributed by atoms with Gasteiger partial charge in [0, 0.05) is 13.1 Å². The van der Waals surface area contributed by atoms with Crippen molar-refractivity contribution in [2.45, 2.75) is 57.0 Å². The van der Waals surface area contributed by atoms with Crippen LogP contribution in [0, 0.1) is 5.92 Å². The standard InChI is InChI=1S/C22H29N3O4S.C2HF3O2/c1-16(2)13-17-7-9-19(10-8-17)30(28,29)24-18-14-20(22(26)27)21(23-15-18)25-11-5-3-4-6-12-25;3-2(4,5)1(6)7/h7-10,14-16,24H,3-6,11-13H2,1-2H3,(H,26,27);(H,6,7). The van der Waals surface area contributed by atoms with Crippen LogP contribution in [0.5, 0.6) is 0 Å². The lowest BCUT2D eigenvalue weighted by atomic mass is 10.0. The van der Waals surface area contributed by atoms with E-state index in [0.717, 1.165) is 50.8 Å². The van der Waals surface area contributed by atoms with Gasteiger partial charge in [0.2, 0.25) is 0 Å². The zero-order chi connectivity index (χ0) is 27.8. The van der Waals surface area contributed by atoms with Crippen molar-refractivity contribution >= 4 is 33.5 Å². The van der Waals surface area contributed by atoms with E-state index >= 15 is 0 Å². The normalized spacial score (nSPS) is 14.4. The number of nitrogens with zero attached hydrogens (tertiary/aromatic N) is 2. The van der Waals surface area contributed by atoms with Crippen molar-refractivity contribution in [3.63, 3.8) is 0 Å². The molecule has 3 N–H and O–H groups in total. The van der Waals surface area contributed by atoms with Crippen LogP contribution in [-0.4, -0.2) is 54.8 Å². The van der Waals surface area contributed by atoms with Gasteiger partial charge in [-0.25, -0.2) is 23.0 Å². The first-order valence-electron chi connectivity index (χ1n) is 11.6. The van der Waals surface area contributed by atoms with E-state index in [-0.39, 0.29) is 16.1 Å². The molecule has 204 valence electrons. The summed E-state index contributed by atoms with van der Waals surface area (Å²) in [5, 5.41) is 16.8. The Morgan fingerprint density at radius 2 is 1.59 bits per heavy atom. The van der Waals surface area contributed by atoms with E-state index in [4.69, 9.17) is 9.90 Å². The molecule has 1 fully saturated rings. The largest absolute Gasteiger partial charge is 0.490 e. The van der Waals surface area contributed by atoms with Gasteiger partial charge in [0.1, 0.15) is 11.4 Å². The zero-order valence-electron chi connectivity index (χ0n) is 20.5. The first-order valence-corrected chi connectivity index (χ1v) is 13.1. The molecule has 1 aliphatic rings. The number of benzene rings is 1. The number of aromatic nitrogens is 1. The van der Waals surface area contributed by atoms with Crippen LogP contribution in [-0.2, 0) is 21.2 Å². The van der Waals surface area contributed by atoms with Gasteiger partial charge in [-0.05, 0) is 48.9 Å². The van der Waals surface area contributed by atoms with Gasteiger partial charge in [0.15, 0.2) is 0 Å². The van der Waals surface area contributed by atoms with Gasteiger partial charge < -0.3 is 15.1 Å². The number of halogens is 3. The van der Waals surface area contributed by atoms with Crippen molar-refractivity contribution in [2.75, 3.05) is 22.7 Å². The number of carboxylic acid groups (broad SMARTS) is 2. The van der Waals surface area contributed by atoms with E-state index in [9.17, 15) is 31.5 Å². The third-order valence-electron chi connectivity index (χ3n) is 5.37. The van der Waals surface area contributed by atoms with Crippen molar-refractivity contribution in [3.05, 3.63) is 47.7 Å². The summed E-state index contributed by atoms with van der Waals surface area (Å²) < 4.78 is 59.7. The summed E-state index contributed by atoms with van der Waals surface area (Å²) >= 11 is 0. The van der Waals surface area contributed by atoms with E-state index in [1.165, 1.54) is 12.3 Å². The zero-order valence-corrected chi connectivity index (χ0v) is 21.3. The number of rotatable bonds is 7. The highest BCUT2D eigenvalue weighted by Crippen LogP contribution is 2.26. The molecule has 1 aromatic carbocycles. The number of nitrogens with one attached hydrogen (secondary N) is 1. The maximum atomic E-state index is 12.8. The van der Waals surface area contributed by atoms with Gasteiger partial charge in [-0.2, -0.15) is 13.2 Å². The van der Waals surface area contributed by atoms with Crippen molar-refractivity contribution in [3.8, 4) is 0 Å². The predicted octanol–water partition coefficient (Wildman–Crippen LogP) is 4.79. The first kappa shape index (κ1) is 29.9. The van der Waals surface area contributed by atoms with E-state index in [2.05, 4.69) is 23.6 Å². The highest BCUT2D eigenvalue weighted by molar-refractivity contribution is 7.92. The van der Waals surface area contributed by atoms with Gasteiger partial charge in [-0.1, -0.05) is 38.8 Å². The van der Waals surface area contributed by atoms with Gasteiger partial charge in [-0.3, -0.25) is 4.72 Å². The van der Waals surface area contributed by atoms with Crippen LogP contribution >= 0.6 is 0 Å². The third kappa shape index (κ3) is 9.23. The smallest absolute Gasteiger partial charge is 0.478 e. The topological polar surface area (TPSA) is 137 Å². The maximum Gasteiger partial charge on any atom is 0.490 e. The molecule has 1 aliphatic heterocycles. The summed E-state index contributed by atoms with van der Waals surface area (Å²) in [6, 6.07) is 8.09. The molecule has 37 heavy (non-hydrogen) atoms. The quantitative estimate of drug-likeness (QED) is 0.452. The second-order valence-electron chi connectivity index (χ2n) is 8.95. The van der Waals surface area contributed by atoms with Gasteiger partial charge >= 0.3 is 18.1 Å². The molecule has 0 bridgehead atoms. The number of hydrogen-bond acceptors (Lipinski definition) is 6. The molecule has 0 unspecified atom stereocenters. The van der Waals surface area contributed by atoms with Crippen LogP contribution < -0.4 is 9.62 Å². The SMILES string of the molecule is CC(C)Cc1ccc(S(=O)(=O)Nc2cnc(N3CCCCCC3)c(C(=O)O)c2)cc1.O=C(O)C(F)(F)F. The fraction of sp³-hybridized carbons (Fsp3) is 0.458. The molecule has 9 nitrogen and oxygen atoms in total. The minimum atomic E-state index is -5.08. The Hall–Kier alpha value is -3.35. The fourth-order valence-electron chi connectivity index (χ4n) is 3.70. The lowest BCUT2D eigenvalue weighted by Gasteiger charge is -2.23. The minimum absolute atomic E-state index is 0.00406. The fourth-order valence-corrected chi connectivity index (χ4v) is 4.73. The molecule has 13 heteroatoms. The van der Waals surface area contributed by atoms with E-state index in [0.29, 0.717) is 11.7 Å². The van der Waals surface area contributed by atoms with Crippen LogP contribution in [0.1, 0.15) is 55.5 Å². The molecule has 0 spiro atoms. The number of aliphatic carboxylic acids is 1. The molecule has 1 saturated heterocycles. The highest BCUT2D eigenvalue weighted by atomic mass is 32.2. The van der Waals surface area contributed by atoms with E-state index in [1.54, 1.807) is 24.3 Å². The van der Waals surface area contributed by atoms with Gasteiger partial charge in [0.25, 0.3) is 10.0 Å². The average molecular weight is 546 g/mol. The van der Waals surface area contributed by atoms with Crippen LogP contribution in [0.2, 0.25) is 0 Å². The summed E-state index contributed by atoms with van der Waals surface area (Å²) in [5.41, 5.74) is 1.21. The highest BCUT2D eigenvalue weighted by Gasteiger charge is 2.38. The Balaban J connectivity index is 0.000000604. The van der Waals surface area contributed by atoms with Crippen molar-refractivity contribution < 1.29 is 41.4 Å². The summed E-state index contributed by atoms with van der Waals surface area (Å²) in [6.45, 7) is 5.71. The Morgan fingerprint density at radius 3 is 2.05 bits per heavy atom. The number of hydrogen-bond donors (Lipinski definition) is 3. The molecule has 0 radical (unpaired) electrons. The number of carboxylic acids is 2. The van der Waals surface area contributed by atoms with Crippen LogP contribution in [0.4, 0.5) is 24.7 Å². The molecule has 0 aliphatic carbocycles. The summed E-state index contributed by atoms with van der Waals surface area (Å²) in [7, 11) is -3.84. The number of aromatic carboxylic acids is 1. The van der Waals surface area contributed by atoms with Crippen molar-refractivity contribution in [1.29, 1.82) is 0 Å². The van der Waals surface area contributed by atoms with E-state index in [1.807, 2.05) is 4.90 Å². The van der Waals surface area contributed by atoms with Gasteiger partial charge in [0.05, 0.1) is 16.8 Å². The first-order chi connectivity index (χ1) is 17.2. The maximum absolute atomic E-state index is 12.8. The minimum Gasteiger partial charge on any atom is -0.478 e. The monoisotopic (exact) mass is 545 g/mol. The molecule has 3 rings (SSSR count). The molecule has 0 saturated carbocycles. The summed E-state index contributed by atoms with van der Waals surface area (Å²) in [6.07, 6.45) is 1.39. The predicted molar refractivity (Wildman–Crippen MR) is 131 cm³/mol. The average Bonchev–Trinajstić information content (AvgIpc) is 3.08. The molecule has 2 heterocycles. The lowest BCUT2D eigenvalue weighted by Crippen LogP contribution is -2.27. The third-order valence-corrected chi connectivity index (χ3v) is 6.77. The molecule has 1 aromatic heterocycles. The summed E-state index contributed by atoms with van der Waals surface area (Å²) in [4.78, 5) is 27.1. The molecular formula is C24H30F3N3O6S. The number of sulfonamides is 1. The number of anilines is 2. The molecular weight excluding hydrogens is 515 g/mol. The molecule has 0 atom stereocenters. The van der Waals surface area contributed by atoms with Crippen LogP contribution in [0.3, 0.4) is 0 Å². The second-order valence-corrected chi connectivity index (χ2v) is 10.6. The Labute approximate surface area is 213 Å². The van der Waals surface area contributed by atoms with Crippen molar-refractivity contribution in [1.82, 2.24) is 4.98 Å². The number of carbonyl (C=O) groups is 2. The van der Waals surface area contributed by atoms with Gasteiger partial charge in [-0.15, -0.1) is 0 Å².